The number of methoxy groups -OCH3 is 2. The number of nitrogens with two attached hydrogens (primary N) is 1. The van der Waals surface area contributed by atoms with Crippen LogP contribution in [-0.4, -0.2) is 30.7 Å². The molecule has 0 radical (unpaired) electrons. The molecule has 124 valence electrons. The van der Waals surface area contributed by atoms with Crippen LogP contribution in [0.2, 0.25) is 0 Å². The van der Waals surface area contributed by atoms with Gasteiger partial charge in [-0.3, -0.25) is 4.79 Å². The largest absolute Gasteiger partial charge is 0.469 e. The molecule has 0 bridgehead atoms. The normalized spacial score (nSPS) is 10.0. The van der Waals surface area contributed by atoms with Crippen LogP contribution in [0.4, 0.5) is 5.69 Å². The lowest BCUT2D eigenvalue weighted by atomic mass is 10.1. The predicted molar refractivity (Wildman–Crippen MR) is 86.6 cm³/mol. The van der Waals surface area contributed by atoms with E-state index in [4.69, 9.17) is 15.7 Å². The van der Waals surface area contributed by atoms with E-state index in [0.717, 1.165) is 5.56 Å². The summed E-state index contributed by atoms with van der Waals surface area (Å²) in [6.45, 7) is 0. The zero-order chi connectivity index (χ0) is 17.7. The molecule has 2 aromatic rings. The number of hydrogen-bond donors (Lipinski definition) is 1. The Labute approximate surface area is 139 Å². The zero-order valence-electron chi connectivity index (χ0n) is 13.4. The maximum absolute atomic E-state index is 12.0. The summed E-state index contributed by atoms with van der Waals surface area (Å²) < 4.78 is 10.9. The fraction of sp³-hybridized carbons (Fsp3) is 0.235. The van der Waals surface area contributed by atoms with E-state index in [1.165, 1.54) is 25.0 Å². The monoisotopic (exact) mass is 327 g/mol. The van der Waals surface area contributed by atoms with E-state index in [9.17, 15) is 9.59 Å². The van der Waals surface area contributed by atoms with Crippen LogP contribution < -0.4 is 5.73 Å². The van der Waals surface area contributed by atoms with Gasteiger partial charge in [0.1, 0.15) is 6.07 Å². The maximum atomic E-state index is 12.0. The number of ether oxygens (including phenoxy) is 2. The van der Waals surface area contributed by atoms with Gasteiger partial charge in [-0.25, -0.2) is 4.79 Å². The van der Waals surface area contributed by atoms with Crippen LogP contribution in [0.25, 0.3) is 5.69 Å². The molecule has 2 N–H and O–H groups in total. The molecule has 0 spiro atoms. The van der Waals surface area contributed by atoms with Gasteiger partial charge in [-0.05, 0) is 24.1 Å². The molecule has 0 aliphatic carbocycles. The number of rotatable bonds is 5. The lowest BCUT2D eigenvalue weighted by Crippen LogP contribution is -2.11. The van der Waals surface area contributed by atoms with Crippen LogP contribution in [0.5, 0.6) is 0 Å². The molecule has 1 aromatic carbocycles. The Kier molecular flexibility index (Phi) is 5.22. The minimum atomic E-state index is -0.631. The summed E-state index contributed by atoms with van der Waals surface area (Å²) in [4.78, 5) is 23.3. The number of carbonyl (C=O) groups excluding carboxylic acids is 2. The van der Waals surface area contributed by atoms with Crippen molar-refractivity contribution in [3.05, 3.63) is 47.3 Å². The van der Waals surface area contributed by atoms with Crippen LogP contribution in [0.1, 0.15) is 28.0 Å². The first-order valence-corrected chi connectivity index (χ1v) is 7.17. The molecule has 0 aliphatic heterocycles. The van der Waals surface area contributed by atoms with Gasteiger partial charge in [-0.1, -0.05) is 12.1 Å². The number of carbonyl (C=O) groups is 2. The van der Waals surface area contributed by atoms with E-state index < -0.39 is 5.97 Å². The van der Waals surface area contributed by atoms with Crippen LogP contribution in [0.3, 0.4) is 0 Å². The topological polar surface area (TPSA) is 107 Å². The number of esters is 2. The van der Waals surface area contributed by atoms with Crippen molar-refractivity contribution in [3.8, 4) is 11.8 Å². The van der Waals surface area contributed by atoms with E-state index in [0.29, 0.717) is 12.1 Å². The van der Waals surface area contributed by atoms with Gasteiger partial charge in [-0.15, -0.1) is 0 Å². The van der Waals surface area contributed by atoms with Crippen molar-refractivity contribution in [1.29, 1.82) is 5.26 Å². The van der Waals surface area contributed by atoms with Gasteiger partial charge in [0.25, 0.3) is 0 Å². The molecule has 24 heavy (non-hydrogen) atoms. The third-order valence-corrected chi connectivity index (χ3v) is 3.58. The van der Waals surface area contributed by atoms with Gasteiger partial charge in [0, 0.05) is 18.3 Å². The Morgan fingerprint density at radius 2 is 2.04 bits per heavy atom. The number of benzene rings is 1. The summed E-state index contributed by atoms with van der Waals surface area (Å²) in [6, 6.07) is 9.20. The van der Waals surface area contributed by atoms with Crippen LogP contribution in [-0.2, 0) is 20.7 Å². The first kappa shape index (κ1) is 17.1. The quantitative estimate of drug-likeness (QED) is 0.839. The first-order valence-electron chi connectivity index (χ1n) is 7.17. The molecule has 0 unspecified atom stereocenters. The van der Waals surface area contributed by atoms with Gasteiger partial charge in [0.2, 0.25) is 0 Å². The molecular weight excluding hydrogens is 310 g/mol. The van der Waals surface area contributed by atoms with Crippen molar-refractivity contribution in [2.45, 2.75) is 12.8 Å². The highest BCUT2D eigenvalue weighted by Crippen LogP contribution is 2.25. The summed E-state index contributed by atoms with van der Waals surface area (Å²) in [5.74, 6) is -0.929. The van der Waals surface area contributed by atoms with Crippen molar-refractivity contribution in [2.75, 3.05) is 20.0 Å². The van der Waals surface area contributed by atoms with E-state index >= 15 is 0 Å². The van der Waals surface area contributed by atoms with E-state index in [-0.39, 0.29) is 29.3 Å². The number of nitrogen functional groups attached to an aromatic ring is 1. The number of aryl methyl sites for hydroxylation is 1. The lowest BCUT2D eigenvalue weighted by molar-refractivity contribution is -0.140. The number of nitriles is 1. The fourth-order valence-corrected chi connectivity index (χ4v) is 2.33. The molecular formula is C17H17N3O4. The molecule has 1 heterocycles. The second-order valence-electron chi connectivity index (χ2n) is 5.02. The SMILES string of the molecule is COC(=O)CCc1cccc(-n2cc(C#N)c(N)c2C(=O)OC)c1. The average Bonchev–Trinajstić information content (AvgIpc) is 2.95. The smallest absolute Gasteiger partial charge is 0.357 e. The van der Waals surface area contributed by atoms with Gasteiger partial charge in [0.15, 0.2) is 5.69 Å². The lowest BCUT2D eigenvalue weighted by Gasteiger charge is -2.10. The Morgan fingerprint density at radius 1 is 1.29 bits per heavy atom. The fourth-order valence-electron chi connectivity index (χ4n) is 2.33. The molecule has 1 aromatic heterocycles. The Morgan fingerprint density at radius 3 is 2.67 bits per heavy atom. The number of hydrogen-bond acceptors (Lipinski definition) is 6. The molecule has 0 amide bonds. The van der Waals surface area contributed by atoms with Crippen LogP contribution >= 0.6 is 0 Å². The predicted octanol–water partition coefficient (Wildman–Crippen LogP) is 1.82. The third-order valence-electron chi connectivity index (χ3n) is 3.58. The molecule has 7 nitrogen and oxygen atoms in total. The summed E-state index contributed by atoms with van der Waals surface area (Å²) >= 11 is 0. The molecule has 0 fully saturated rings. The highest BCUT2D eigenvalue weighted by Gasteiger charge is 2.21. The van der Waals surface area contributed by atoms with Gasteiger partial charge < -0.3 is 19.8 Å². The minimum Gasteiger partial charge on any atom is -0.469 e. The Hall–Kier alpha value is -3.27. The zero-order valence-corrected chi connectivity index (χ0v) is 13.4. The second-order valence-corrected chi connectivity index (χ2v) is 5.02. The third kappa shape index (κ3) is 3.38. The van der Waals surface area contributed by atoms with E-state index in [2.05, 4.69) is 4.74 Å². The standard InChI is InChI=1S/C17H17N3O4/c1-23-14(21)7-6-11-4-3-5-13(8-11)20-10-12(9-18)15(19)16(20)17(22)24-2/h3-5,8,10H,6-7,19H2,1-2H3. The Bertz CT molecular complexity index is 818. The van der Waals surface area contributed by atoms with Crippen LogP contribution in [0.15, 0.2) is 30.5 Å². The van der Waals surface area contributed by atoms with Gasteiger partial charge in [0.05, 0.1) is 25.5 Å². The molecule has 0 saturated carbocycles. The molecule has 7 heteroatoms. The number of nitrogens with zero attached hydrogens (tertiary/aromatic N) is 2. The Balaban J connectivity index is 2.43. The van der Waals surface area contributed by atoms with E-state index in [1.54, 1.807) is 12.1 Å². The average molecular weight is 327 g/mol. The number of anilines is 1. The molecule has 0 aliphatic rings. The van der Waals surface area contributed by atoms with E-state index in [1.807, 2.05) is 18.2 Å². The highest BCUT2D eigenvalue weighted by atomic mass is 16.5. The minimum absolute atomic E-state index is 0.0734. The summed E-state index contributed by atoms with van der Waals surface area (Å²) in [5.41, 5.74) is 7.77. The number of aromatic nitrogens is 1. The molecule has 0 saturated heterocycles. The maximum Gasteiger partial charge on any atom is 0.357 e. The first-order chi connectivity index (χ1) is 11.5. The summed E-state index contributed by atoms with van der Waals surface area (Å²) in [7, 11) is 2.59. The summed E-state index contributed by atoms with van der Waals surface area (Å²) in [5, 5.41) is 9.14. The van der Waals surface area contributed by atoms with Crippen molar-refractivity contribution in [3.63, 3.8) is 0 Å². The second kappa shape index (κ2) is 7.33. The molecule has 2 rings (SSSR count). The van der Waals surface area contributed by atoms with Gasteiger partial charge >= 0.3 is 11.9 Å². The van der Waals surface area contributed by atoms with Gasteiger partial charge in [-0.2, -0.15) is 5.26 Å². The van der Waals surface area contributed by atoms with Crippen LogP contribution in [0, 0.1) is 11.3 Å². The summed E-state index contributed by atoms with van der Waals surface area (Å²) in [6.07, 6.45) is 2.23. The van der Waals surface area contributed by atoms with Crippen molar-refractivity contribution in [2.24, 2.45) is 0 Å². The molecule has 0 atom stereocenters. The van der Waals surface area contributed by atoms with Crippen molar-refractivity contribution in [1.82, 2.24) is 4.57 Å². The van der Waals surface area contributed by atoms with Crippen molar-refractivity contribution < 1.29 is 19.1 Å². The van der Waals surface area contributed by atoms with Crippen molar-refractivity contribution >= 4 is 17.6 Å². The highest BCUT2D eigenvalue weighted by molar-refractivity contribution is 5.95.